The van der Waals surface area contributed by atoms with Crippen LogP contribution in [-0.4, -0.2) is 44.1 Å². The van der Waals surface area contributed by atoms with E-state index in [1.165, 1.54) is 21.3 Å². The standard InChI is InChI=1S/C24H23NO6/c1-23-16-12-8-9-13-17(16)24(22(28)31-4,25(23)14-15-10-6-5-7-11-15)19(21(27)30-3)18(23)20(26)29-2/h5-13H,14H2,1-4H3/t23-,24+/m0/s1. The molecule has 0 aliphatic carbocycles. The van der Waals surface area contributed by atoms with E-state index in [1.54, 1.807) is 12.1 Å². The highest BCUT2D eigenvalue weighted by molar-refractivity contribution is 6.12. The zero-order valence-electron chi connectivity index (χ0n) is 17.8. The smallest absolute Gasteiger partial charge is 0.337 e. The van der Waals surface area contributed by atoms with Crippen molar-refractivity contribution in [3.05, 3.63) is 82.4 Å². The fourth-order valence-corrected chi connectivity index (χ4v) is 5.08. The minimum atomic E-state index is -1.65. The Hall–Kier alpha value is -3.45. The van der Waals surface area contributed by atoms with Crippen LogP contribution in [0.2, 0.25) is 0 Å². The highest BCUT2D eigenvalue weighted by Crippen LogP contribution is 2.64. The van der Waals surface area contributed by atoms with Crippen molar-refractivity contribution < 1.29 is 28.6 Å². The lowest BCUT2D eigenvalue weighted by atomic mass is 9.73. The summed E-state index contributed by atoms with van der Waals surface area (Å²) in [6.45, 7) is 2.10. The molecule has 0 fully saturated rings. The number of rotatable bonds is 5. The summed E-state index contributed by atoms with van der Waals surface area (Å²) < 4.78 is 15.4. The molecule has 7 heteroatoms. The molecule has 160 valence electrons. The Morgan fingerprint density at radius 3 is 1.90 bits per heavy atom. The Morgan fingerprint density at radius 2 is 1.32 bits per heavy atom. The van der Waals surface area contributed by atoms with Crippen LogP contribution in [0.1, 0.15) is 23.6 Å². The van der Waals surface area contributed by atoms with Gasteiger partial charge in [0.05, 0.1) is 38.0 Å². The van der Waals surface area contributed by atoms with E-state index in [4.69, 9.17) is 14.2 Å². The highest BCUT2D eigenvalue weighted by atomic mass is 16.5. The number of carbonyl (C=O) groups is 3. The van der Waals surface area contributed by atoms with Gasteiger partial charge < -0.3 is 14.2 Å². The van der Waals surface area contributed by atoms with E-state index in [0.29, 0.717) is 5.56 Å². The first kappa shape index (κ1) is 20.8. The summed E-state index contributed by atoms with van der Waals surface area (Å²) in [4.78, 5) is 41.5. The van der Waals surface area contributed by atoms with Gasteiger partial charge in [0.2, 0.25) is 0 Å². The summed E-state index contributed by atoms with van der Waals surface area (Å²) in [6.07, 6.45) is 0. The first-order chi connectivity index (χ1) is 14.9. The number of benzene rings is 2. The van der Waals surface area contributed by atoms with Crippen molar-refractivity contribution in [2.75, 3.05) is 21.3 Å². The number of hydrogen-bond donors (Lipinski definition) is 0. The molecule has 2 heterocycles. The number of hydrogen-bond acceptors (Lipinski definition) is 7. The van der Waals surface area contributed by atoms with Gasteiger partial charge in [-0.1, -0.05) is 54.6 Å². The molecule has 4 rings (SSSR count). The van der Waals surface area contributed by atoms with E-state index in [2.05, 4.69) is 0 Å². The van der Waals surface area contributed by atoms with Crippen molar-refractivity contribution in [2.45, 2.75) is 24.5 Å². The molecule has 2 atom stereocenters. The largest absolute Gasteiger partial charge is 0.467 e. The summed E-state index contributed by atoms with van der Waals surface area (Å²) >= 11 is 0. The molecule has 2 bridgehead atoms. The molecule has 0 amide bonds. The minimum Gasteiger partial charge on any atom is -0.467 e. The molecular weight excluding hydrogens is 398 g/mol. The molecule has 0 saturated heterocycles. The highest BCUT2D eigenvalue weighted by Gasteiger charge is 2.73. The zero-order chi connectivity index (χ0) is 22.4. The summed E-state index contributed by atoms with van der Waals surface area (Å²) in [5.74, 6) is -2.14. The van der Waals surface area contributed by atoms with Crippen molar-refractivity contribution in [2.24, 2.45) is 0 Å². The molecule has 0 N–H and O–H groups in total. The second-order valence-electron chi connectivity index (χ2n) is 7.62. The van der Waals surface area contributed by atoms with E-state index in [9.17, 15) is 14.4 Å². The lowest BCUT2D eigenvalue weighted by Crippen LogP contribution is -2.51. The molecule has 0 aromatic heterocycles. The number of methoxy groups -OCH3 is 3. The van der Waals surface area contributed by atoms with E-state index >= 15 is 0 Å². The van der Waals surface area contributed by atoms with Crippen molar-refractivity contribution >= 4 is 17.9 Å². The van der Waals surface area contributed by atoms with Crippen LogP contribution in [0.25, 0.3) is 0 Å². The van der Waals surface area contributed by atoms with Crippen LogP contribution in [0.3, 0.4) is 0 Å². The lowest BCUT2D eigenvalue weighted by molar-refractivity contribution is -0.157. The lowest BCUT2D eigenvalue weighted by Gasteiger charge is -2.37. The van der Waals surface area contributed by atoms with Gasteiger partial charge in [-0.3, -0.25) is 4.90 Å². The quantitative estimate of drug-likeness (QED) is 0.542. The summed E-state index contributed by atoms with van der Waals surface area (Å²) in [5, 5.41) is 0. The van der Waals surface area contributed by atoms with Crippen LogP contribution in [0.4, 0.5) is 0 Å². The number of carbonyl (C=O) groups excluding carboxylic acids is 3. The van der Waals surface area contributed by atoms with Gasteiger partial charge in [0.1, 0.15) is 0 Å². The van der Waals surface area contributed by atoms with Gasteiger partial charge in [-0.15, -0.1) is 0 Å². The predicted molar refractivity (Wildman–Crippen MR) is 111 cm³/mol. The van der Waals surface area contributed by atoms with Gasteiger partial charge >= 0.3 is 17.9 Å². The van der Waals surface area contributed by atoms with Gasteiger partial charge in [-0.2, -0.15) is 0 Å². The molecule has 2 aromatic carbocycles. The Bertz CT molecular complexity index is 1110. The Kier molecular flexibility index (Phi) is 4.94. The summed E-state index contributed by atoms with van der Waals surface area (Å²) in [7, 11) is 3.73. The van der Waals surface area contributed by atoms with E-state index in [0.717, 1.165) is 11.1 Å². The second-order valence-corrected chi connectivity index (χ2v) is 7.62. The molecule has 2 aliphatic rings. The Balaban J connectivity index is 2.10. The monoisotopic (exact) mass is 421 g/mol. The number of ether oxygens (including phenoxy) is 3. The Morgan fingerprint density at radius 1 is 0.774 bits per heavy atom. The summed E-state index contributed by atoms with van der Waals surface area (Å²) in [5.41, 5.74) is -0.500. The van der Waals surface area contributed by atoms with Crippen molar-refractivity contribution in [1.82, 2.24) is 4.90 Å². The molecule has 0 spiro atoms. The average Bonchev–Trinajstić information content (AvgIpc) is 3.17. The fourth-order valence-electron chi connectivity index (χ4n) is 5.08. The zero-order valence-corrected chi connectivity index (χ0v) is 17.8. The predicted octanol–water partition coefficient (Wildman–Crippen LogP) is 2.44. The molecule has 0 radical (unpaired) electrons. The van der Waals surface area contributed by atoms with Crippen LogP contribution in [0.15, 0.2) is 65.7 Å². The first-order valence-corrected chi connectivity index (χ1v) is 9.80. The van der Waals surface area contributed by atoms with Crippen molar-refractivity contribution in [3.63, 3.8) is 0 Å². The fraction of sp³-hybridized carbons (Fsp3) is 0.292. The summed E-state index contributed by atoms with van der Waals surface area (Å²) in [6, 6.07) is 16.8. The van der Waals surface area contributed by atoms with E-state index < -0.39 is 29.0 Å². The molecular formula is C24H23NO6. The SMILES string of the molecule is COC(=O)C1=C(C(=O)OC)[C@]2(C)c3ccccc3[C@@]1(C(=O)OC)N2Cc1ccccc1. The third-order valence-corrected chi connectivity index (χ3v) is 6.33. The molecule has 31 heavy (non-hydrogen) atoms. The van der Waals surface area contributed by atoms with Gasteiger partial charge in [-0.25, -0.2) is 14.4 Å². The van der Waals surface area contributed by atoms with Gasteiger partial charge in [0, 0.05) is 6.54 Å². The van der Waals surface area contributed by atoms with Gasteiger partial charge in [-0.05, 0) is 23.6 Å². The molecule has 0 saturated carbocycles. The number of nitrogens with zero attached hydrogens (tertiary/aromatic N) is 1. The molecule has 7 nitrogen and oxygen atoms in total. The average molecular weight is 421 g/mol. The maximum atomic E-state index is 13.5. The van der Waals surface area contributed by atoms with Crippen LogP contribution in [0.5, 0.6) is 0 Å². The van der Waals surface area contributed by atoms with Crippen molar-refractivity contribution in [1.29, 1.82) is 0 Å². The normalized spacial score (nSPS) is 24.0. The van der Waals surface area contributed by atoms with Crippen LogP contribution in [-0.2, 0) is 46.2 Å². The van der Waals surface area contributed by atoms with Crippen LogP contribution in [0, 0.1) is 0 Å². The van der Waals surface area contributed by atoms with Gasteiger partial charge in [0.25, 0.3) is 0 Å². The van der Waals surface area contributed by atoms with Crippen LogP contribution < -0.4 is 0 Å². The van der Waals surface area contributed by atoms with Gasteiger partial charge in [0.15, 0.2) is 5.54 Å². The van der Waals surface area contributed by atoms with E-state index in [-0.39, 0.29) is 17.7 Å². The molecule has 2 aromatic rings. The third kappa shape index (κ3) is 2.53. The number of fused-ring (bicyclic) bond motifs is 5. The second kappa shape index (κ2) is 7.35. The minimum absolute atomic E-state index is 0.0640. The first-order valence-electron chi connectivity index (χ1n) is 9.80. The maximum absolute atomic E-state index is 13.5. The number of esters is 3. The molecule has 0 unspecified atom stereocenters. The maximum Gasteiger partial charge on any atom is 0.337 e. The Labute approximate surface area is 180 Å². The topological polar surface area (TPSA) is 82.1 Å². The third-order valence-electron chi connectivity index (χ3n) is 6.33. The van der Waals surface area contributed by atoms with Crippen LogP contribution >= 0.6 is 0 Å². The molecule has 2 aliphatic heterocycles. The van der Waals surface area contributed by atoms with Crippen molar-refractivity contribution in [3.8, 4) is 0 Å². The van der Waals surface area contributed by atoms with E-state index in [1.807, 2.05) is 54.3 Å².